The summed E-state index contributed by atoms with van der Waals surface area (Å²) in [6.07, 6.45) is 1.44. The van der Waals surface area contributed by atoms with Crippen LogP contribution in [0.1, 0.15) is 34.8 Å². The van der Waals surface area contributed by atoms with Gasteiger partial charge < -0.3 is 28.3 Å². The van der Waals surface area contributed by atoms with Gasteiger partial charge in [0.1, 0.15) is 17.6 Å². The third-order valence-corrected chi connectivity index (χ3v) is 6.16. The van der Waals surface area contributed by atoms with Crippen molar-refractivity contribution >= 4 is 34.3 Å². The summed E-state index contributed by atoms with van der Waals surface area (Å²) in [6, 6.07) is 14.3. The van der Waals surface area contributed by atoms with Gasteiger partial charge in [0, 0.05) is 23.0 Å². The molecule has 36 heavy (non-hydrogen) atoms. The van der Waals surface area contributed by atoms with Gasteiger partial charge in [-0.25, -0.2) is 0 Å². The first-order valence-corrected chi connectivity index (χ1v) is 11.6. The molecule has 0 bridgehead atoms. The number of aliphatic hydroxyl groups excluding tert-OH is 1. The van der Waals surface area contributed by atoms with Crippen molar-refractivity contribution in [3.63, 3.8) is 0 Å². The van der Waals surface area contributed by atoms with Crippen LogP contribution in [-0.4, -0.2) is 35.4 Å². The minimum atomic E-state index is -0.953. The minimum Gasteiger partial charge on any atom is -0.503 e. The van der Waals surface area contributed by atoms with Crippen LogP contribution in [0.5, 0.6) is 11.5 Å². The number of rotatable bonds is 8. The summed E-state index contributed by atoms with van der Waals surface area (Å²) in [5.41, 5.74) is 0.980. The van der Waals surface area contributed by atoms with Crippen LogP contribution in [0.15, 0.2) is 81.0 Å². The van der Waals surface area contributed by atoms with Crippen LogP contribution in [0.3, 0.4) is 0 Å². The maximum absolute atomic E-state index is 13.7. The van der Waals surface area contributed by atoms with Crippen molar-refractivity contribution in [1.82, 2.24) is 4.90 Å². The van der Waals surface area contributed by atoms with E-state index in [1.54, 1.807) is 36.4 Å². The predicted molar refractivity (Wildman–Crippen MR) is 131 cm³/mol. The topological polar surface area (TPSA) is 102 Å². The molecule has 1 aliphatic rings. The maximum Gasteiger partial charge on any atom is 0.290 e. The zero-order valence-corrected chi connectivity index (χ0v) is 20.2. The Morgan fingerprint density at radius 1 is 1.17 bits per heavy atom. The minimum absolute atomic E-state index is 0.0700. The van der Waals surface area contributed by atoms with E-state index in [9.17, 15) is 14.7 Å². The van der Waals surface area contributed by atoms with E-state index in [-0.39, 0.29) is 17.9 Å². The number of furan rings is 2. The molecular formula is C27H22ClNO7. The number of hydrogen-bond acceptors (Lipinski definition) is 7. The Morgan fingerprint density at radius 2 is 1.94 bits per heavy atom. The molecule has 0 radical (unpaired) electrons. The second-order valence-corrected chi connectivity index (χ2v) is 8.59. The fourth-order valence-corrected chi connectivity index (χ4v) is 4.54. The van der Waals surface area contributed by atoms with Crippen molar-refractivity contribution in [3.05, 3.63) is 94.3 Å². The van der Waals surface area contributed by atoms with E-state index in [4.69, 9.17) is 29.9 Å². The second-order valence-electron chi connectivity index (χ2n) is 8.16. The third-order valence-electron chi connectivity index (χ3n) is 5.94. The van der Waals surface area contributed by atoms with Crippen LogP contribution in [0, 0.1) is 0 Å². The van der Waals surface area contributed by atoms with Crippen molar-refractivity contribution in [2.24, 2.45) is 0 Å². The summed E-state index contributed by atoms with van der Waals surface area (Å²) in [7, 11) is 1.46. The number of carbonyl (C=O) groups excluding carboxylic acids is 2. The van der Waals surface area contributed by atoms with Crippen molar-refractivity contribution < 1.29 is 33.0 Å². The molecule has 4 aromatic rings. The van der Waals surface area contributed by atoms with E-state index in [0.29, 0.717) is 39.9 Å². The molecule has 3 heterocycles. The SMILES string of the molecule is CCOc1ccc(CN2C(=O)C(O)=C(C(=O)c3cc4cc(Cl)cc(OC)c4o3)C2c2ccco2)cc1. The van der Waals surface area contributed by atoms with Gasteiger partial charge in [-0.15, -0.1) is 0 Å². The summed E-state index contributed by atoms with van der Waals surface area (Å²) >= 11 is 6.15. The predicted octanol–water partition coefficient (Wildman–Crippen LogP) is 5.87. The number of ketones is 1. The molecule has 0 spiro atoms. The molecule has 2 aromatic carbocycles. The van der Waals surface area contributed by atoms with Gasteiger partial charge >= 0.3 is 0 Å². The zero-order valence-electron chi connectivity index (χ0n) is 19.5. The van der Waals surface area contributed by atoms with E-state index in [1.807, 2.05) is 19.1 Å². The summed E-state index contributed by atoms with van der Waals surface area (Å²) in [5, 5.41) is 11.8. The Balaban J connectivity index is 1.53. The maximum atomic E-state index is 13.7. The number of fused-ring (bicyclic) bond motifs is 1. The van der Waals surface area contributed by atoms with E-state index in [0.717, 1.165) is 5.56 Å². The van der Waals surface area contributed by atoms with Crippen molar-refractivity contribution in [3.8, 4) is 11.5 Å². The van der Waals surface area contributed by atoms with E-state index >= 15 is 0 Å². The highest BCUT2D eigenvalue weighted by atomic mass is 35.5. The Labute approximate surface area is 211 Å². The lowest BCUT2D eigenvalue weighted by atomic mass is 9.99. The monoisotopic (exact) mass is 507 g/mol. The van der Waals surface area contributed by atoms with Crippen molar-refractivity contribution in [2.45, 2.75) is 19.5 Å². The highest BCUT2D eigenvalue weighted by Gasteiger charge is 2.46. The lowest BCUT2D eigenvalue weighted by molar-refractivity contribution is -0.130. The molecule has 9 heteroatoms. The Bertz CT molecular complexity index is 1470. The smallest absolute Gasteiger partial charge is 0.290 e. The van der Waals surface area contributed by atoms with Gasteiger partial charge in [-0.1, -0.05) is 23.7 Å². The summed E-state index contributed by atoms with van der Waals surface area (Å²) in [6.45, 7) is 2.55. The molecule has 1 amide bonds. The van der Waals surface area contributed by atoms with E-state index in [1.165, 1.54) is 24.3 Å². The van der Waals surface area contributed by atoms with E-state index < -0.39 is 23.5 Å². The normalized spacial score (nSPS) is 15.7. The molecule has 0 saturated carbocycles. The van der Waals surface area contributed by atoms with Crippen LogP contribution in [-0.2, 0) is 11.3 Å². The van der Waals surface area contributed by atoms with Crippen LogP contribution < -0.4 is 9.47 Å². The molecule has 0 fully saturated rings. The quantitative estimate of drug-likeness (QED) is 0.298. The first-order chi connectivity index (χ1) is 17.4. The fourth-order valence-electron chi connectivity index (χ4n) is 4.33. The molecule has 8 nitrogen and oxygen atoms in total. The Morgan fingerprint density at radius 3 is 2.61 bits per heavy atom. The molecule has 0 aliphatic carbocycles. The van der Waals surface area contributed by atoms with E-state index in [2.05, 4.69) is 0 Å². The standard InChI is InChI=1S/C27H22ClNO7/c1-3-34-18-8-6-15(7-9-18)14-29-23(19-5-4-10-35-19)22(25(31)27(29)32)24(30)20-12-16-11-17(28)13-21(33-2)26(16)36-20/h4-13,23,31H,3,14H2,1-2H3. The van der Waals surface area contributed by atoms with Crippen LogP contribution in [0.25, 0.3) is 11.0 Å². The first-order valence-electron chi connectivity index (χ1n) is 11.2. The molecule has 5 rings (SSSR count). The highest BCUT2D eigenvalue weighted by molar-refractivity contribution is 6.31. The summed E-state index contributed by atoms with van der Waals surface area (Å²) in [5.74, 6) is -0.669. The van der Waals surface area contributed by atoms with Gasteiger partial charge in [0.05, 0.1) is 25.6 Å². The van der Waals surface area contributed by atoms with Gasteiger partial charge in [0.2, 0.25) is 5.78 Å². The second kappa shape index (κ2) is 9.47. The molecule has 1 atom stereocenters. The number of methoxy groups -OCH3 is 1. The van der Waals surface area contributed by atoms with Crippen LogP contribution in [0.4, 0.5) is 0 Å². The van der Waals surface area contributed by atoms with Crippen molar-refractivity contribution in [2.75, 3.05) is 13.7 Å². The number of nitrogens with zero attached hydrogens (tertiary/aromatic N) is 1. The van der Waals surface area contributed by atoms with Crippen LogP contribution >= 0.6 is 11.6 Å². The van der Waals surface area contributed by atoms with Gasteiger partial charge in [-0.05, 0) is 48.9 Å². The lowest BCUT2D eigenvalue weighted by Crippen LogP contribution is -2.30. The summed E-state index contributed by atoms with van der Waals surface area (Å²) < 4.78 is 22.2. The molecule has 184 valence electrons. The Kier molecular flexibility index (Phi) is 6.20. The molecule has 0 saturated heterocycles. The molecule has 2 aromatic heterocycles. The third kappa shape index (κ3) is 4.09. The van der Waals surface area contributed by atoms with Gasteiger partial charge in [-0.2, -0.15) is 0 Å². The average molecular weight is 508 g/mol. The number of amides is 1. The van der Waals surface area contributed by atoms with Crippen molar-refractivity contribution in [1.29, 1.82) is 0 Å². The molecular weight excluding hydrogens is 486 g/mol. The zero-order chi connectivity index (χ0) is 25.4. The lowest BCUT2D eigenvalue weighted by Gasteiger charge is -2.24. The number of aliphatic hydroxyl groups is 1. The number of ether oxygens (including phenoxy) is 2. The van der Waals surface area contributed by atoms with Gasteiger partial charge in [0.15, 0.2) is 22.9 Å². The molecule has 1 N–H and O–H groups in total. The number of halogens is 1. The molecule has 1 aliphatic heterocycles. The number of carbonyl (C=O) groups is 2. The highest BCUT2D eigenvalue weighted by Crippen LogP contribution is 2.41. The summed E-state index contributed by atoms with van der Waals surface area (Å²) in [4.78, 5) is 28.2. The molecule has 1 unspecified atom stereocenters. The number of hydrogen-bond donors (Lipinski definition) is 1. The number of Topliss-reactive ketones (excluding diaryl/α,β-unsaturated/α-hetero) is 1. The largest absolute Gasteiger partial charge is 0.503 e. The van der Waals surface area contributed by atoms with Gasteiger partial charge in [-0.3, -0.25) is 9.59 Å². The van der Waals surface area contributed by atoms with Gasteiger partial charge in [0.25, 0.3) is 5.91 Å². The number of benzene rings is 2. The average Bonchev–Trinajstić information content (AvgIpc) is 3.60. The fraction of sp³-hybridized carbons (Fsp3) is 0.185. The van der Waals surface area contributed by atoms with Crippen LogP contribution in [0.2, 0.25) is 5.02 Å². The Hall–Kier alpha value is -4.17. The first kappa shape index (κ1) is 23.6.